The van der Waals surface area contributed by atoms with Crippen LogP contribution in [0.25, 0.3) is 0 Å². The zero-order valence-electron chi connectivity index (χ0n) is 12.1. The van der Waals surface area contributed by atoms with Crippen molar-refractivity contribution in [1.29, 1.82) is 0 Å². The predicted octanol–water partition coefficient (Wildman–Crippen LogP) is 4.77. The molecule has 3 rings (SSSR count). The fourth-order valence-corrected chi connectivity index (χ4v) is 3.54. The molecule has 2 unspecified atom stereocenters. The molecule has 3 heteroatoms. The van der Waals surface area contributed by atoms with Crippen LogP contribution in [0, 0.1) is 5.82 Å². The third-order valence-corrected chi connectivity index (χ3v) is 4.84. The van der Waals surface area contributed by atoms with Crippen molar-refractivity contribution in [2.75, 3.05) is 0 Å². The lowest BCUT2D eigenvalue weighted by Crippen LogP contribution is -2.42. The van der Waals surface area contributed by atoms with Gasteiger partial charge in [-0.2, -0.15) is 0 Å². The summed E-state index contributed by atoms with van der Waals surface area (Å²) in [6.45, 7) is 2.24. The summed E-state index contributed by atoms with van der Waals surface area (Å²) in [7, 11) is 0. The molecule has 0 radical (unpaired) electrons. The van der Waals surface area contributed by atoms with Gasteiger partial charge in [0.15, 0.2) is 0 Å². The van der Waals surface area contributed by atoms with Crippen LogP contribution in [-0.2, 0) is 12.0 Å². The molecule has 1 aliphatic carbocycles. The highest BCUT2D eigenvalue weighted by Gasteiger charge is 2.35. The minimum Gasteiger partial charge on any atom is -0.321 e. The quantitative estimate of drug-likeness (QED) is 0.849. The van der Waals surface area contributed by atoms with Crippen molar-refractivity contribution in [1.82, 2.24) is 0 Å². The Morgan fingerprint density at radius 1 is 1.29 bits per heavy atom. The number of hydrogen-bond donors (Lipinski definition) is 1. The molecule has 0 aromatic heterocycles. The maximum Gasteiger partial charge on any atom is 0.141 e. The summed E-state index contributed by atoms with van der Waals surface area (Å²) in [4.78, 5) is 0. The van der Waals surface area contributed by atoms with Crippen LogP contribution in [0.5, 0.6) is 0 Å². The lowest BCUT2D eigenvalue weighted by atomic mass is 9.70. The van der Waals surface area contributed by atoms with Crippen molar-refractivity contribution in [2.24, 2.45) is 5.73 Å². The molecule has 2 N–H and O–H groups in total. The maximum atomic E-state index is 13.3. The van der Waals surface area contributed by atoms with E-state index in [2.05, 4.69) is 25.1 Å². The zero-order valence-corrected chi connectivity index (χ0v) is 12.8. The summed E-state index contributed by atoms with van der Waals surface area (Å²) in [5, 5.41) is 0.161. The zero-order chi connectivity index (χ0) is 15.0. The summed E-state index contributed by atoms with van der Waals surface area (Å²) in [5.41, 5.74) is 9.84. The minimum absolute atomic E-state index is 0.161. The van der Waals surface area contributed by atoms with E-state index in [4.69, 9.17) is 17.3 Å². The van der Waals surface area contributed by atoms with E-state index in [1.54, 1.807) is 12.1 Å². The number of fused-ring (bicyclic) bond motifs is 1. The molecular formula is C18H19ClFN. The van der Waals surface area contributed by atoms with Gasteiger partial charge in [-0.05, 0) is 54.0 Å². The van der Waals surface area contributed by atoms with Gasteiger partial charge in [-0.1, -0.05) is 48.9 Å². The number of hydrogen-bond acceptors (Lipinski definition) is 1. The van der Waals surface area contributed by atoms with Gasteiger partial charge in [-0.15, -0.1) is 0 Å². The van der Waals surface area contributed by atoms with Gasteiger partial charge in [-0.25, -0.2) is 4.39 Å². The topological polar surface area (TPSA) is 26.0 Å². The Balaban J connectivity index is 1.97. The number of halogens is 2. The summed E-state index contributed by atoms with van der Waals surface area (Å²) >= 11 is 5.88. The Morgan fingerprint density at radius 3 is 2.81 bits per heavy atom. The van der Waals surface area contributed by atoms with Crippen LogP contribution < -0.4 is 5.73 Å². The number of nitrogens with two attached hydrogens (primary N) is 1. The lowest BCUT2D eigenvalue weighted by Gasteiger charge is -2.38. The second kappa shape index (κ2) is 5.43. The Morgan fingerprint density at radius 2 is 2.05 bits per heavy atom. The standard InChI is InChI=1S/C18H19ClFN/c1-12-8-9-18(21,15-5-3-2-4-14(12)15)11-13-6-7-17(20)16(19)10-13/h2-7,10,12H,8-9,11,21H2,1H3. The van der Waals surface area contributed by atoms with Crippen molar-refractivity contribution >= 4 is 11.6 Å². The molecule has 0 saturated heterocycles. The molecule has 0 heterocycles. The molecule has 0 amide bonds. The van der Waals surface area contributed by atoms with Crippen LogP contribution in [0.1, 0.15) is 42.4 Å². The summed E-state index contributed by atoms with van der Waals surface area (Å²) in [6.07, 6.45) is 2.68. The van der Waals surface area contributed by atoms with E-state index in [9.17, 15) is 4.39 Å². The van der Waals surface area contributed by atoms with Gasteiger partial charge in [0.25, 0.3) is 0 Å². The van der Waals surface area contributed by atoms with Gasteiger partial charge < -0.3 is 5.73 Å². The van der Waals surface area contributed by atoms with Crippen molar-refractivity contribution < 1.29 is 4.39 Å². The highest BCUT2D eigenvalue weighted by Crippen LogP contribution is 2.41. The summed E-state index contributed by atoms with van der Waals surface area (Å²) in [6, 6.07) is 13.3. The van der Waals surface area contributed by atoms with Gasteiger partial charge in [-0.3, -0.25) is 0 Å². The molecule has 0 fully saturated rings. The summed E-state index contributed by atoms with van der Waals surface area (Å²) in [5.74, 6) is 0.152. The second-order valence-corrected chi connectivity index (χ2v) is 6.52. The van der Waals surface area contributed by atoms with Crippen molar-refractivity contribution in [3.63, 3.8) is 0 Å². The highest BCUT2D eigenvalue weighted by atomic mass is 35.5. The van der Waals surface area contributed by atoms with E-state index >= 15 is 0 Å². The smallest absolute Gasteiger partial charge is 0.141 e. The molecule has 0 spiro atoms. The van der Waals surface area contributed by atoms with E-state index in [1.807, 2.05) is 6.07 Å². The first-order valence-electron chi connectivity index (χ1n) is 7.32. The van der Waals surface area contributed by atoms with Gasteiger partial charge in [0.1, 0.15) is 5.82 Å². The lowest BCUT2D eigenvalue weighted by molar-refractivity contribution is 0.348. The summed E-state index contributed by atoms with van der Waals surface area (Å²) < 4.78 is 13.3. The van der Waals surface area contributed by atoms with Crippen LogP contribution in [0.2, 0.25) is 5.02 Å². The molecular weight excluding hydrogens is 285 g/mol. The van der Waals surface area contributed by atoms with Gasteiger partial charge in [0.05, 0.1) is 5.02 Å². The fourth-order valence-electron chi connectivity index (χ4n) is 3.34. The van der Waals surface area contributed by atoms with E-state index in [0.29, 0.717) is 12.3 Å². The molecule has 2 aromatic rings. The molecule has 110 valence electrons. The van der Waals surface area contributed by atoms with Crippen LogP contribution >= 0.6 is 11.6 Å². The molecule has 2 atom stereocenters. The van der Waals surface area contributed by atoms with E-state index in [-0.39, 0.29) is 10.8 Å². The minimum atomic E-state index is -0.399. The SMILES string of the molecule is CC1CCC(N)(Cc2ccc(F)c(Cl)c2)c2ccccc21. The number of benzene rings is 2. The largest absolute Gasteiger partial charge is 0.321 e. The van der Waals surface area contributed by atoms with Crippen LogP contribution in [0.3, 0.4) is 0 Å². The van der Waals surface area contributed by atoms with Crippen molar-refractivity contribution in [2.45, 2.75) is 37.6 Å². The molecule has 21 heavy (non-hydrogen) atoms. The first-order valence-corrected chi connectivity index (χ1v) is 7.69. The molecule has 0 aliphatic heterocycles. The molecule has 0 saturated carbocycles. The normalized spacial score (nSPS) is 24.7. The Hall–Kier alpha value is -1.38. The molecule has 1 aliphatic rings. The average Bonchev–Trinajstić information content (AvgIpc) is 2.48. The monoisotopic (exact) mass is 303 g/mol. The third kappa shape index (κ3) is 2.70. The number of rotatable bonds is 2. The first kappa shape index (κ1) is 14.6. The van der Waals surface area contributed by atoms with Gasteiger partial charge >= 0.3 is 0 Å². The Labute approximate surface area is 129 Å². The van der Waals surface area contributed by atoms with E-state index in [0.717, 1.165) is 18.4 Å². The van der Waals surface area contributed by atoms with Crippen LogP contribution in [0.15, 0.2) is 42.5 Å². The second-order valence-electron chi connectivity index (χ2n) is 6.11. The molecule has 0 bridgehead atoms. The van der Waals surface area contributed by atoms with Gasteiger partial charge in [0.2, 0.25) is 0 Å². The third-order valence-electron chi connectivity index (χ3n) is 4.56. The van der Waals surface area contributed by atoms with Crippen LogP contribution in [0.4, 0.5) is 4.39 Å². The fraction of sp³-hybridized carbons (Fsp3) is 0.333. The Kier molecular flexibility index (Phi) is 3.76. The van der Waals surface area contributed by atoms with E-state index in [1.165, 1.54) is 17.2 Å². The Bertz CT molecular complexity index is 670. The highest BCUT2D eigenvalue weighted by molar-refractivity contribution is 6.30. The molecule has 1 nitrogen and oxygen atoms in total. The van der Waals surface area contributed by atoms with E-state index < -0.39 is 5.54 Å². The maximum absolute atomic E-state index is 13.3. The van der Waals surface area contributed by atoms with Gasteiger partial charge in [0, 0.05) is 5.54 Å². The predicted molar refractivity (Wildman–Crippen MR) is 85.1 cm³/mol. The van der Waals surface area contributed by atoms with Crippen molar-refractivity contribution in [3.05, 3.63) is 70.0 Å². The average molecular weight is 304 g/mol. The molecule has 2 aromatic carbocycles. The first-order chi connectivity index (χ1) is 9.99. The van der Waals surface area contributed by atoms with Crippen LogP contribution in [-0.4, -0.2) is 0 Å². The van der Waals surface area contributed by atoms with Crippen molar-refractivity contribution in [3.8, 4) is 0 Å².